The molecule has 2 rings (SSSR count). The molecule has 0 aliphatic carbocycles. The summed E-state index contributed by atoms with van der Waals surface area (Å²) in [7, 11) is 0. The minimum atomic E-state index is -1.76. The normalized spacial score (nSPS) is 26.0. The van der Waals surface area contributed by atoms with Crippen molar-refractivity contribution in [2.24, 2.45) is 0 Å². The van der Waals surface area contributed by atoms with Gasteiger partial charge < -0.3 is 64.2 Å². The van der Waals surface area contributed by atoms with Crippen molar-refractivity contribution in [2.75, 3.05) is 26.4 Å². The van der Waals surface area contributed by atoms with Gasteiger partial charge in [-0.1, -0.05) is 174 Å². The minimum absolute atomic E-state index is 0.169. The molecule has 0 aromatic carbocycles. The van der Waals surface area contributed by atoms with Crippen molar-refractivity contribution >= 4 is 11.9 Å². The molecule has 0 amide bonds. The van der Waals surface area contributed by atoms with Crippen molar-refractivity contribution < 1.29 is 73.8 Å². The molecule has 4 unspecified atom stereocenters. The Bertz CT molecular complexity index is 1220. The van der Waals surface area contributed by atoms with E-state index in [1.54, 1.807) is 0 Å². The molecule has 2 saturated heterocycles. The highest BCUT2D eigenvalue weighted by molar-refractivity contribution is 5.70. The van der Waals surface area contributed by atoms with Gasteiger partial charge in [0.1, 0.15) is 55.4 Å². The molecular formula is C52H96O15. The molecule has 2 aliphatic rings. The topological polar surface area (TPSA) is 231 Å². The first kappa shape index (κ1) is 61.4. The zero-order valence-corrected chi connectivity index (χ0v) is 41.7. The number of ether oxygens (including phenoxy) is 6. The van der Waals surface area contributed by atoms with Crippen molar-refractivity contribution in [3.8, 4) is 0 Å². The van der Waals surface area contributed by atoms with Crippen LogP contribution in [0.25, 0.3) is 0 Å². The largest absolute Gasteiger partial charge is 0.462 e. The summed E-state index contributed by atoms with van der Waals surface area (Å²) in [5.74, 6) is -0.924. The zero-order chi connectivity index (χ0) is 48.9. The van der Waals surface area contributed by atoms with Crippen LogP contribution in [0.2, 0.25) is 0 Å². The Morgan fingerprint density at radius 1 is 0.463 bits per heavy atom. The molecule has 67 heavy (non-hydrogen) atoms. The van der Waals surface area contributed by atoms with Gasteiger partial charge >= 0.3 is 11.9 Å². The number of aliphatic hydroxyl groups excluding tert-OH is 7. The van der Waals surface area contributed by atoms with Crippen molar-refractivity contribution in [3.63, 3.8) is 0 Å². The number of carbonyl (C=O) groups is 2. The Balaban J connectivity index is 1.77. The van der Waals surface area contributed by atoms with Gasteiger partial charge in [0.05, 0.1) is 19.8 Å². The maximum Gasteiger partial charge on any atom is 0.306 e. The molecule has 15 nitrogen and oxygen atoms in total. The fourth-order valence-electron chi connectivity index (χ4n) is 8.57. The predicted molar refractivity (Wildman–Crippen MR) is 257 cm³/mol. The van der Waals surface area contributed by atoms with Gasteiger partial charge in [-0.2, -0.15) is 0 Å². The summed E-state index contributed by atoms with van der Waals surface area (Å²) in [6.45, 7) is 2.58. The molecule has 15 heteroatoms. The van der Waals surface area contributed by atoms with Gasteiger partial charge in [0.25, 0.3) is 0 Å². The summed E-state index contributed by atoms with van der Waals surface area (Å²) in [6.07, 6.45) is 22.4. The lowest BCUT2D eigenvalue weighted by atomic mass is 9.98. The average molecular weight is 961 g/mol. The maximum atomic E-state index is 13.0. The summed E-state index contributed by atoms with van der Waals surface area (Å²) >= 11 is 0. The third-order valence-electron chi connectivity index (χ3n) is 13.0. The first-order chi connectivity index (χ1) is 32.5. The van der Waals surface area contributed by atoms with Crippen LogP contribution in [-0.2, 0) is 38.0 Å². The van der Waals surface area contributed by atoms with E-state index in [-0.39, 0.29) is 26.1 Å². The van der Waals surface area contributed by atoms with E-state index in [1.165, 1.54) is 116 Å². The Morgan fingerprint density at radius 3 is 1.34 bits per heavy atom. The lowest BCUT2D eigenvalue weighted by molar-refractivity contribution is -0.332. The highest BCUT2D eigenvalue weighted by Gasteiger charge is 2.47. The summed E-state index contributed by atoms with van der Waals surface area (Å²) in [6, 6.07) is 0. The van der Waals surface area contributed by atoms with Gasteiger partial charge in [0.15, 0.2) is 18.7 Å². The number of unbranched alkanes of at least 4 members (excludes halogenated alkanes) is 26. The number of carbonyl (C=O) groups excluding carboxylic acids is 2. The van der Waals surface area contributed by atoms with E-state index in [0.29, 0.717) is 12.8 Å². The Hall–Kier alpha value is -1.76. The molecule has 0 saturated carbocycles. The summed E-state index contributed by atoms with van der Waals surface area (Å²) in [5.41, 5.74) is 0. The van der Waals surface area contributed by atoms with Gasteiger partial charge in [-0.15, -0.1) is 0 Å². The average Bonchev–Trinajstić information content (AvgIpc) is 3.32. The van der Waals surface area contributed by atoms with Gasteiger partial charge in [0.2, 0.25) is 0 Å². The lowest BCUT2D eigenvalue weighted by Gasteiger charge is -2.42. The standard InChI is InChI=1S/C52H96O15/c1-3-5-7-9-11-13-15-17-18-19-20-21-22-23-25-27-29-31-33-35-44(55)65-40(37-62-43(54)34-32-30-28-26-24-16-14-12-10-8-6-4-2)38-63-51-50(61)48(59)46(57)42(67-51)39-64-52-49(60)47(58)45(56)41(36-53)66-52/h12,14,40-42,45-53,56-61H,3-11,13,15-39H2,1-2H3/b14-12+/t40-,41+,42+,45-,46-,47?,48?,49?,50?,51+,52+/m1/s1. The van der Waals surface area contributed by atoms with E-state index in [0.717, 1.165) is 57.8 Å². The second-order valence-corrected chi connectivity index (χ2v) is 19.1. The SMILES string of the molecule is CCCCC/C=C/CCCCCCCC(=O)OC[C@H](CO[C@H]1O[C@@H](CO[C@H]2O[C@@H](CO)[C@@H](O)C(O)C2O)[C@@H](O)C(O)C1O)OC(=O)CCCCCCCCCCCCCCCCCCCCC. The zero-order valence-electron chi connectivity index (χ0n) is 41.7. The van der Waals surface area contributed by atoms with Gasteiger partial charge in [-0.05, 0) is 38.5 Å². The van der Waals surface area contributed by atoms with E-state index in [2.05, 4.69) is 26.0 Å². The summed E-state index contributed by atoms with van der Waals surface area (Å²) in [4.78, 5) is 25.8. The first-order valence-electron chi connectivity index (χ1n) is 26.8. The van der Waals surface area contributed by atoms with Crippen molar-refractivity contribution in [2.45, 2.75) is 280 Å². The molecule has 394 valence electrons. The van der Waals surface area contributed by atoms with Crippen LogP contribution in [0, 0.1) is 0 Å². The Morgan fingerprint density at radius 2 is 0.851 bits per heavy atom. The minimum Gasteiger partial charge on any atom is -0.462 e. The van der Waals surface area contributed by atoms with Gasteiger partial charge in [0, 0.05) is 12.8 Å². The van der Waals surface area contributed by atoms with Crippen LogP contribution in [0.1, 0.15) is 213 Å². The second-order valence-electron chi connectivity index (χ2n) is 19.1. The number of hydrogen-bond donors (Lipinski definition) is 7. The van der Waals surface area contributed by atoms with Crippen molar-refractivity contribution in [1.29, 1.82) is 0 Å². The van der Waals surface area contributed by atoms with Gasteiger partial charge in [-0.25, -0.2) is 0 Å². The molecular weight excluding hydrogens is 865 g/mol. The first-order valence-corrected chi connectivity index (χ1v) is 26.8. The third kappa shape index (κ3) is 28.0. The van der Waals surface area contributed by atoms with Crippen LogP contribution in [0.5, 0.6) is 0 Å². The molecule has 2 fully saturated rings. The molecule has 2 heterocycles. The quantitative estimate of drug-likeness (QED) is 0.0176. The number of allylic oxidation sites excluding steroid dienone is 2. The Kier molecular flexibility index (Phi) is 36.5. The second kappa shape index (κ2) is 39.9. The third-order valence-corrected chi connectivity index (χ3v) is 13.0. The van der Waals surface area contributed by atoms with E-state index >= 15 is 0 Å². The molecule has 0 bridgehead atoms. The molecule has 0 spiro atoms. The van der Waals surface area contributed by atoms with E-state index in [9.17, 15) is 45.3 Å². The smallest absolute Gasteiger partial charge is 0.306 e. The molecule has 0 radical (unpaired) electrons. The number of rotatable bonds is 42. The molecule has 7 N–H and O–H groups in total. The number of esters is 2. The van der Waals surface area contributed by atoms with Crippen LogP contribution < -0.4 is 0 Å². The highest BCUT2D eigenvalue weighted by atomic mass is 16.7. The van der Waals surface area contributed by atoms with Crippen LogP contribution in [0.4, 0.5) is 0 Å². The lowest BCUT2D eigenvalue weighted by Crippen LogP contribution is -2.61. The van der Waals surface area contributed by atoms with Crippen LogP contribution in [0.15, 0.2) is 12.2 Å². The summed E-state index contributed by atoms with van der Waals surface area (Å²) < 4.78 is 33.6. The highest BCUT2D eigenvalue weighted by Crippen LogP contribution is 2.27. The fraction of sp³-hybridized carbons (Fsp3) is 0.923. The van der Waals surface area contributed by atoms with E-state index < -0.39 is 92.7 Å². The van der Waals surface area contributed by atoms with Crippen molar-refractivity contribution in [1.82, 2.24) is 0 Å². The van der Waals surface area contributed by atoms with Crippen LogP contribution in [-0.4, -0.2) is 142 Å². The molecule has 2 aliphatic heterocycles. The van der Waals surface area contributed by atoms with Crippen LogP contribution in [0.3, 0.4) is 0 Å². The number of aliphatic hydroxyl groups is 7. The van der Waals surface area contributed by atoms with Crippen LogP contribution >= 0.6 is 0 Å². The number of hydrogen-bond acceptors (Lipinski definition) is 15. The maximum absolute atomic E-state index is 13.0. The Labute approximate surface area is 403 Å². The predicted octanol–water partition coefficient (Wildman–Crippen LogP) is 7.77. The fourth-order valence-corrected chi connectivity index (χ4v) is 8.57. The monoisotopic (exact) mass is 961 g/mol. The van der Waals surface area contributed by atoms with Crippen molar-refractivity contribution in [3.05, 3.63) is 12.2 Å². The van der Waals surface area contributed by atoms with E-state index in [4.69, 9.17) is 28.4 Å². The van der Waals surface area contributed by atoms with Gasteiger partial charge in [-0.3, -0.25) is 9.59 Å². The molecule has 0 aromatic rings. The molecule has 11 atom stereocenters. The molecule has 0 aromatic heterocycles. The van der Waals surface area contributed by atoms with E-state index in [1.807, 2.05) is 0 Å². The summed E-state index contributed by atoms with van der Waals surface area (Å²) in [5, 5.41) is 72.1.